The zero-order valence-electron chi connectivity index (χ0n) is 11.8. The highest BCUT2D eigenvalue weighted by Crippen LogP contribution is 2.39. The molecule has 1 saturated carbocycles. The molecule has 19 heavy (non-hydrogen) atoms. The maximum atomic E-state index is 11.4. The van der Waals surface area contributed by atoms with Crippen LogP contribution in [-0.4, -0.2) is 35.5 Å². The Labute approximate surface area is 114 Å². The molecule has 0 aromatic rings. The molecule has 5 nitrogen and oxygen atoms in total. The number of rotatable bonds is 2. The lowest BCUT2D eigenvalue weighted by atomic mass is 9.69. The van der Waals surface area contributed by atoms with Gasteiger partial charge in [0, 0.05) is 25.6 Å². The van der Waals surface area contributed by atoms with Crippen molar-refractivity contribution >= 4 is 11.9 Å². The Balaban J connectivity index is 2.03. The molecule has 108 valence electrons. The quantitative estimate of drug-likeness (QED) is 0.797. The molecule has 0 atom stereocenters. The summed E-state index contributed by atoms with van der Waals surface area (Å²) in [5.41, 5.74) is 5.26. The molecule has 2 aliphatic rings. The number of hydrogen-bond donors (Lipinski definition) is 2. The summed E-state index contributed by atoms with van der Waals surface area (Å²) in [6.07, 6.45) is 7.57. The van der Waals surface area contributed by atoms with Gasteiger partial charge in [-0.2, -0.15) is 0 Å². The molecule has 1 saturated heterocycles. The van der Waals surface area contributed by atoms with E-state index >= 15 is 0 Å². The summed E-state index contributed by atoms with van der Waals surface area (Å²) < 4.78 is 0. The van der Waals surface area contributed by atoms with Gasteiger partial charge in [0.25, 0.3) is 0 Å². The van der Waals surface area contributed by atoms with Gasteiger partial charge in [0.15, 0.2) is 0 Å². The maximum Gasteiger partial charge on any atom is 0.312 e. The Hall–Kier alpha value is -1.26. The number of nitrogens with one attached hydrogen (secondary N) is 1. The van der Waals surface area contributed by atoms with Gasteiger partial charge in [-0.1, -0.05) is 19.3 Å². The molecule has 0 radical (unpaired) electrons. The zero-order valence-corrected chi connectivity index (χ0v) is 11.8. The third kappa shape index (κ3) is 3.19. The number of carbonyl (C=O) groups is 2. The Morgan fingerprint density at radius 1 is 1.16 bits per heavy atom. The van der Waals surface area contributed by atoms with Crippen molar-refractivity contribution in [1.82, 2.24) is 10.2 Å². The first-order chi connectivity index (χ1) is 9.03. The van der Waals surface area contributed by atoms with Crippen LogP contribution in [-0.2, 0) is 4.79 Å². The van der Waals surface area contributed by atoms with Crippen LogP contribution in [0.15, 0.2) is 0 Å². The summed E-state index contributed by atoms with van der Waals surface area (Å²) in [6.45, 7) is 3.24. The van der Waals surface area contributed by atoms with Crippen molar-refractivity contribution in [1.29, 1.82) is 0 Å². The van der Waals surface area contributed by atoms with Gasteiger partial charge >= 0.3 is 6.03 Å². The Morgan fingerprint density at radius 2 is 1.74 bits per heavy atom. The second-order valence-corrected chi connectivity index (χ2v) is 5.99. The molecular weight excluding hydrogens is 242 g/mol. The smallest absolute Gasteiger partial charge is 0.312 e. The van der Waals surface area contributed by atoms with E-state index in [9.17, 15) is 9.59 Å². The Kier molecular flexibility index (Phi) is 4.32. The molecule has 0 bridgehead atoms. The van der Waals surface area contributed by atoms with Gasteiger partial charge in [0.2, 0.25) is 5.91 Å². The summed E-state index contributed by atoms with van der Waals surface area (Å²) >= 11 is 0. The number of likely N-dealkylation sites (tertiary alicyclic amines) is 1. The van der Waals surface area contributed by atoms with E-state index in [1.54, 1.807) is 6.92 Å². The summed E-state index contributed by atoms with van der Waals surface area (Å²) in [5.74, 6) is 0.606. The molecule has 5 heteroatoms. The molecule has 1 aliphatic carbocycles. The second kappa shape index (κ2) is 5.80. The minimum absolute atomic E-state index is 0.118. The van der Waals surface area contributed by atoms with Crippen LogP contribution in [0.5, 0.6) is 0 Å². The van der Waals surface area contributed by atoms with Crippen molar-refractivity contribution in [3.8, 4) is 0 Å². The predicted molar refractivity (Wildman–Crippen MR) is 73.5 cm³/mol. The maximum absolute atomic E-state index is 11.4. The first-order valence-corrected chi connectivity index (χ1v) is 7.37. The number of piperidine rings is 1. The Bertz CT molecular complexity index is 343. The van der Waals surface area contributed by atoms with E-state index in [1.807, 2.05) is 4.90 Å². The zero-order chi connectivity index (χ0) is 13.9. The average Bonchev–Trinajstić information content (AvgIpc) is 2.39. The van der Waals surface area contributed by atoms with Gasteiger partial charge in [0.1, 0.15) is 0 Å². The van der Waals surface area contributed by atoms with E-state index in [0.29, 0.717) is 5.92 Å². The van der Waals surface area contributed by atoms with Gasteiger partial charge in [-0.15, -0.1) is 0 Å². The van der Waals surface area contributed by atoms with Crippen molar-refractivity contribution < 1.29 is 9.59 Å². The van der Waals surface area contributed by atoms with E-state index < -0.39 is 6.03 Å². The highest BCUT2D eigenvalue weighted by Gasteiger charge is 2.42. The topological polar surface area (TPSA) is 75.4 Å². The minimum atomic E-state index is -0.407. The van der Waals surface area contributed by atoms with Crippen LogP contribution >= 0.6 is 0 Å². The third-order valence-electron chi connectivity index (χ3n) is 4.84. The first-order valence-electron chi connectivity index (χ1n) is 7.37. The molecule has 0 aromatic heterocycles. The standard InChI is InChI=1S/C14H25N3O2/c1-11(18)17-9-5-12(6-10-17)14(16-13(15)19)7-3-2-4-8-14/h12H,2-10H2,1H3,(H3,15,16,19). The molecule has 0 unspecified atom stereocenters. The number of urea groups is 1. The van der Waals surface area contributed by atoms with Crippen molar-refractivity contribution in [2.24, 2.45) is 11.7 Å². The molecule has 3 amide bonds. The number of amides is 3. The van der Waals surface area contributed by atoms with Gasteiger partial charge in [-0.3, -0.25) is 4.79 Å². The van der Waals surface area contributed by atoms with Gasteiger partial charge in [-0.25, -0.2) is 4.79 Å². The normalized spacial score (nSPS) is 23.9. The van der Waals surface area contributed by atoms with Gasteiger partial charge < -0.3 is 16.0 Å². The van der Waals surface area contributed by atoms with Crippen LogP contribution in [0.1, 0.15) is 51.9 Å². The van der Waals surface area contributed by atoms with Gasteiger partial charge in [-0.05, 0) is 31.6 Å². The third-order valence-corrected chi connectivity index (χ3v) is 4.84. The SMILES string of the molecule is CC(=O)N1CCC(C2(NC(N)=O)CCCCC2)CC1. The average molecular weight is 267 g/mol. The summed E-state index contributed by atoms with van der Waals surface area (Å²) in [4.78, 5) is 24.6. The van der Waals surface area contributed by atoms with Crippen molar-refractivity contribution in [2.75, 3.05) is 13.1 Å². The number of nitrogens with two attached hydrogens (primary N) is 1. The highest BCUT2D eigenvalue weighted by molar-refractivity contribution is 5.73. The van der Waals surface area contributed by atoms with Crippen molar-refractivity contribution in [3.63, 3.8) is 0 Å². The van der Waals surface area contributed by atoms with E-state index in [2.05, 4.69) is 5.32 Å². The highest BCUT2D eigenvalue weighted by atomic mass is 16.2. The van der Waals surface area contributed by atoms with Gasteiger partial charge in [0.05, 0.1) is 0 Å². The summed E-state index contributed by atoms with van der Waals surface area (Å²) in [7, 11) is 0. The molecule has 0 spiro atoms. The predicted octanol–water partition coefficient (Wildman–Crippen LogP) is 1.62. The molecule has 2 fully saturated rings. The van der Waals surface area contributed by atoms with Crippen LogP contribution in [0, 0.1) is 5.92 Å². The molecule has 1 aliphatic heterocycles. The fraction of sp³-hybridized carbons (Fsp3) is 0.857. The Morgan fingerprint density at radius 3 is 2.21 bits per heavy atom. The van der Waals surface area contributed by atoms with Crippen LogP contribution in [0.2, 0.25) is 0 Å². The molecule has 3 N–H and O–H groups in total. The van der Waals surface area contributed by atoms with E-state index in [0.717, 1.165) is 51.6 Å². The van der Waals surface area contributed by atoms with Crippen LogP contribution in [0.4, 0.5) is 4.79 Å². The molecule has 2 rings (SSSR count). The lowest BCUT2D eigenvalue weighted by molar-refractivity contribution is -0.130. The summed E-state index contributed by atoms with van der Waals surface area (Å²) in [5, 5.41) is 3.04. The fourth-order valence-electron chi connectivity index (χ4n) is 3.81. The molecule has 1 heterocycles. The lowest BCUT2D eigenvalue weighted by Gasteiger charge is -2.47. The summed E-state index contributed by atoms with van der Waals surface area (Å²) in [6, 6.07) is -0.407. The van der Waals surface area contributed by atoms with E-state index in [-0.39, 0.29) is 11.4 Å². The van der Waals surface area contributed by atoms with Crippen LogP contribution in [0.25, 0.3) is 0 Å². The molecule has 0 aromatic carbocycles. The number of primary amides is 1. The van der Waals surface area contributed by atoms with Crippen LogP contribution < -0.4 is 11.1 Å². The number of nitrogens with zero attached hydrogens (tertiary/aromatic N) is 1. The van der Waals surface area contributed by atoms with Crippen LogP contribution in [0.3, 0.4) is 0 Å². The van der Waals surface area contributed by atoms with E-state index in [1.165, 1.54) is 6.42 Å². The number of hydrogen-bond acceptors (Lipinski definition) is 2. The fourth-order valence-corrected chi connectivity index (χ4v) is 3.81. The van der Waals surface area contributed by atoms with Crippen molar-refractivity contribution in [2.45, 2.75) is 57.4 Å². The first kappa shape index (κ1) is 14.2. The number of carbonyl (C=O) groups excluding carboxylic acids is 2. The second-order valence-electron chi connectivity index (χ2n) is 5.99. The van der Waals surface area contributed by atoms with E-state index in [4.69, 9.17) is 5.73 Å². The molecular formula is C14H25N3O2. The minimum Gasteiger partial charge on any atom is -0.352 e. The largest absolute Gasteiger partial charge is 0.352 e. The monoisotopic (exact) mass is 267 g/mol. The lowest BCUT2D eigenvalue weighted by Crippen LogP contribution is -2.58. The van der Waals surface area contributed by atoms with Crippen molar-refractivity contribution in [3.05, 3.63) is 0 Å².